The SMILES string of the molecule is CCC1CCCCC1OC(=O)c1ccc(N)cc1OC. The van der Waals surface area contributed by atoms with E-state index in [0.717, 1.165) is 25.7 Å². The van der Waals surface area contributed by atoms with Crippen molar-refractivity contribution in [3.8, 4) is 5.75 Å². The molecule has 4 nitrogen and oxygen atoms in total. The van der Waals surface area contributed by atoms with Gasteiger partial charge in [-0.15, -0.1) is 0 Å². The Morgan fingerprint density at radius 2 is 2.10 bits per heavy atom. The molecule has 1 aliphatic rings. The largest absolute Gasteiger partial charge is 0.496 e. The molecule has 0 heterocycles. The third-order valence-corrected chi connectivity index (χ3v) is 4.07. The van der Waals surface area contributed by atoms with Gasteiger partial charge in [-0.25, -0.2) is 4.79 Å². The third-order valence-electron chi connectivity index (χ3n) is 4.07. The number of carbonyl (C=O) groups is 1. The number of esters is 1. The maximum absolute atomic E-state index is 12.3. The molecule has 1 saturated carbocycles. The summed E-state index contributed by atoms with van der Waals surface area (Å²) in [4.78, 5) is 12.3. The Morgan fingerprint density at radius 3 is 2.80 bits per heavy atom. The van der Waals surface area contributed by atoms with E-state index in [4.69, 9.17) is 15.2 Å². The molecule has 20 heavy (non-hydrogen) atoms. The van der Waals surface area contributed by atoms with Gasteiger partial charge in [0.05, 0.1) is 7.11 Å². The molecule has 0 radical (unpaired) electrons. The number of benzene rings is 1. The Bertz CT molecular complexity index is 473. The minimum atomic E-state index is -0.313. The fourth-order valence-corrected chi connectivity index (χ4v) is 2.87. The molecule has 0 saturated heterocycles. The van der Waals surface area contributed by atoms with E-state index in [2.05, 4.69) is 6.92 Å². The van der Waals surface area contributed by atoms with Gasteiger partial charge < -0.3 is 15.2 Å². The van der Waals surface area contributed by atoms with Crippen LogP contribution in [-0.2, 0) is 4.74 Å². The standard InChI is InChI=1S/C16H23NO3/c1-3-11-6-4-5-7-14(11)20-16(18)13-9-8-12(17)10-15(13)19-2/h8-11,14H,3-7,17H2,1-2H3. The van der Waals surface area contributed by atoms with Gasteiger partial charge in [-0.1, -0.05) is 13.3 Å². The molecule has 110 valence electrons. The first-order valence-corrected chi connectivity index (χ1v) is 7.30. The second-order valence-electron chi connectivity index (χ2n) is 5.36. The molecule has 0 spiro atoms. The lowest BCUT2D eigenvalue weighted by molar-refractivity contribution is 0.000448. The number of hydrogen-bond donors (Lipinski definition) is 1. The van der Waals surface area contributed by atoms with Gasteiger partial charge in [0.15, 0.2) is 0 Å². The van der Waals surface area contributed by atoms with Gasteiger partial charge in [-0.2, -0.15) is 0 Å². The maximum Gasteiger partial charge on any atom is 0.342 e. The lowest BCUT2D eigenvalue weighted by Crippen LogP contribution is -2.29. The van der Waals surface area contributed by atoms with Crippen molar-refractivity contribution in [1.82, 2.24) is 0 Å². The number of hydrogen-bond acceptors (Lipinski definition) is 4. The molecule has 1 aliphatic carbocycles. The Balaban J connectivity index is 2.11. The van der Waals surface area contributed by atoms with Crippen molar-refractivity contribution in [2.45, 2.75) is 45.1 Å². The molecule has 0 bridgehead atoms. The van der Waals surface area contributed by atoms with Crippen LogP contribution in [0, 0.1) is 5.92 Å². The first kappa shape index (κ1) is 14.7. The van der Waals surface area contributed by atoms with Crippen LogP contribution in [-0.4, -0.2) is 19.2 Å². The monoisotopic (exact) mass is 277 g/mol. The number of ether oxygens (including phenoxy) is 2. The van der Waals surface area contributed by atoms with Crippen molar-refractivity contribution in [2.24, 2.45) is 5.92 Å². The molecule has 2 N–H and O–H groups in total. The topological polar surface area (TPSA) is 61.5 Å². The van der Waals surface area contributed by atoms with Crippen molar-refractivity contribution >= 4 is 11.7 Å². The fraction of sp³-hybridized carbons (Fsp3) is 0.562. The van der Waals surface area contributed by atoms with Crippen molar-refractivity contribution in [1.29, 1.82) is 0 Å². The minimum Gasteiger partial charge on any atom is -0.496 e. The molecular formula is C16H23NO3. The molecule has 1 aromatic carbocycles. The average Bonchev–Trinajstić information content (AvgIpc) is 2.47. The highest BCUT2D eigenvalue weighted by atomic mass is 16.5. The smallest absolute Gasteiger partial charge is 0.342 e. The highest BCUT2D eigenvalue weighted by Crippen LogP contribution is 2.31. The van der Waals surface area contributed by atoms with Crippen LogP contribution in [0.1, 0.15) is 49.4 Å². The quantitative estimate of drug-likeness (QED) is 0.676. The Morgan fingerprint density at radius 1 is 1.35 bits per heavy atom. The van der Waals surface area contributed by atoms with Crippen molar-refractivity contribution < 1.29 is 14.3 Å². The molecule has 0 aromatic heterocycles. The Labute approximate surface area is 120 Å². The van der Waals surface area contributed by atoms with E-state index in [9.17, 15) is 4.79 Å². The molecule has 4 heteroatoms. The van der Waals surface area contributed by atoms with Gasteiger partial charge in [-0.05, 0) is 43.7 Å². The van der Waals surface area contributed by atoms with Gasteiger partial charge in [0.25, 0.3) is 0 Å². The van der Waals surface area contributed by atoms with Crippen LogP contribution in [0.5, 0.6) is 5.75 Å². The van der Waals surface area contributed by atoms with Crippen LogP contribution in [0.2, 0.25) is 0 Å². The minimum absolute atomic E-state index is 0.0310. The molecule has 2 atom stereocenters. The van der Waals surface area contributed by atoms with E-state index in [1.807, 2.05) is 0 Å². The zero-order valence-corrected chi connectivity index (χ0v) is 12.2. The van der Waals surface area contributed by atoms with E-state index in [1.165, 1.54) is 13.5 Å². The van der Waals surface area contributed by atoms with Crippen molar-refractivity contribution in [2.75, 3.05) is 12.8 Å². The van der Waals surface area contributed by atoms with Gasteiger partial charge in [0, 0.05) is 11.8 Å². The summed E-state index contributed by atoms with van der Waals surface area (Å²) in [6.07, 6.45) is 5.56. The van der Waals surface area contributed by atoms with E-state index in [0.29, 0.717) is 22.9 Å². The lowest BCUT2D eigenvalue weighted by Gasteiger charge is -2.30. The number of nitrogens with two attached hydrogens (primary N) is 1. The second-order valence-corrected chi connectivity index (χ2v) is 5.36. The van der Waals surface area contributed by atoms with Gasteiger partial charge >= 0.3 is 5.97 Å². The van der Waals surface area contributed by atoms with Gasteiger partial charge in [0.1, 0.15) is 17.4 Å². The van der Waals surface area contributed by atoms with Gasteiger partial charge in [-0.3, -0.25) is 0 Å². The predicted octanol–water partition coefficient (Wildman–Crippen LogP) is 3.40. The summed E-state index contributed by atoms with van der Waals surface area (Å²) < 4.78 is 10.9. The first-order valence-electron chi connectivity index (χ1n) is 7.30. The number of carbonyl (C=O) groups excluding carboxylic acids is 1. The number of anilines is 1. The molecule has 0 aliphatic heterocycles. The van der Waals surface area contributed by atoms with Crippen LogP contribution in [0.25, 0.3) is 0 Å². The van der Waals surface area contributed by atoms with E-state index in [-0.39, 0.29) is 12.1 Å². The molecule has 1 fully saturated rings. The van der Waals surface area contributed by atoms with Crippen LogP contribution in [0.15, 0.2) is 18.2 Å². The van der Waals surface area contributed by atoms with Crippen molar-refractivity contribution in [3.63, 3.8) is 0 Å². The van der Waals surface area contributed by atoms with Crippen molar-refractivity contribution in [3.05, 3.63) is 23.8 Å². The van der Waals surface area contributed by atoms with E-state index in [1.54, 1.807) is 18.2 Å². The maximum atomic E-state index is 12.3. The van der Waals surface area contributed by atoms with E-state index >= 15 is 0 Å². The Kier molecular flexibility index (Phi) is 4.88. The molecule has 2 rings (SSSR count). The van der Waals surface area contributed by atoms with Gasteiger partial charge in [0.2, 0.25) is 0 Å². The summed E-state index contributed by atoms with van der Waals surface area (Å²) in [5.74, 6) is 0.638. The second kappa shape index (κ2) is 6.64. The van der Waals surface area contributed by atoms with E-state index < -0.39 is 0 Å². The summed E-state index contributed by atoms with van der Waals surface area (Å²) in [6, 6.07) is 5.01. The summed E-state index contributed by atoms with van der Waals surface area (Å²) in [7, 11) is 1.53. The predicted molar refractivity (Wildman–Crippen MR) is 78.9 cm³/mol. The molecule has 1 aromatic rings. The first-order chi connectivity index (χ1) is 9.65. The number of nitrogen functional groups attached to an aromatic ring is 1. The Hall–Kier alpha value is -1.71. The fourth-order valence-electron chi connectivity index (χ4n) is 2.87. The molecule has 0 amide bonds. The normalized spacial score (nSPS) is 22.3. The zero-order valence-electron chi connectivity index (χ0n) is 12.2. The average molecular weight is 277 g/mol. The third kappa shape index (κ3) is 3.24. The van der Waals surface area contributed by atoms with Crippen LogP contribution in [0.4, 0.5) is 5.69 Å². The summed E-state index contributed by atoms with van der Waals surface area (Å²) >= 11 is 0. The zero-order chi connectivity index (χ0) is 14.5. The molecule has 2 unspecified atom stereocenters. The highest BCUT2D eigenvalue weighted by molar-refractivity contribution is 5.93. The lowest BCUT2D eigenvalue weighted by atomic mass is 9.85. The van der Waals surface area contributed by atoms with Crippen LogP contribution < -0.4 is 10.5 Å². The summed E-state index contributed by atoms with van der Waals surface area (Å²) in [6.45, 7) is 2.15. The molecular weight excluding hydrogens is 254 g/mol. The summed E-state index contributed by atoms with van der Waals surface area (Å²) in [5, 5.41) is 0. The van der Waals surface area contributed by atoms with Crippen LogP contribution in [0.3, 0.4) is 0 Å². The summed E-state index contributed by atoms with van der Waals surface area (Å²) in [5.41, 5.74) is 6.72. The number of rotatable bonds is 4. The highest BCUT2D eigenvalue weighted by Gasteiger charge is 2.28. The number of methoxy groups -OCH3 is 1. The van der Waals surface area contributed by atoms with Crippen LogP contribution >= 0.6 is 0 Å².